The minimum atomic E-state index is 0.415. The summed E-state index contributed by atoms with van der Waals surface area (Å²) in [7, 11) is 0. The van der Waals surface area contributed by atoms with Gasteiger partial charge in [0.1, 0.15) is 25.1 Å². The second-order valence-electron chi connectivity index (χ2n) is 8.83. The Labute approximate surface area is 211 Å². The summed E-state index contributed by atoms with van der Waals surface area (Å²) in [5, 5.41) is 18.7. The quantitative estimate of drug-likeness (QED) is 0.282. The van der Waals surface area contributed by atoms with Gasteiger partial charge >= 0.3 is 0 Å². The third-order valence-corrected chi connectivity index (χ3v) is 6.22. The van der Waals surface area contributed by atoms with Crippen LogP contribution in [-0.2, 0) is 26.2 Å². The van der Waals surface area contributed by atoms with Gasteiger partial charge in [0.25, 0.3) is 0 Å². The summed E-state index contributed by atoms with van der Waals surface area (Å²) in [6.45, 7) is 1.69. The normalized spacial score (nSPS) is 13.4. The van der Waals surface area contributed by atoms with Gasteiger partial charge in [-0.15, -0.1) is 10.2 Å². The average Bonchev–Trinajstić information content (AvgIpc) is 3.18. The SMILES string of the molecule is N#C/C(=C\c1ccc(OCc2ccccc2)c(OCc2ccccc2)c1)c1nnc2n1CCCCC2. The molecule has 0 fully saturated rings. The van der Waals surface area contributed by atoms with Crippen LogP contribution in [0.3, 0.4) is 0 Å². The molecule has 5 rings (SSSR count). The molecule has 6 nitrogen and oxygen atoms in total. The molecule has 6 heteroatoms. The molecule has 0 amide bonds. The first-order chi connectivity index (χ1) is 17.8. The summed E-state index contributed by atoms with van der Waals surface area (Å²) >= 11 is 0. The Morgan fingerprint density at radius 1 is 0.833 bits per heavy atom. The highest BCUT2D eigenvalue weighted by Gasteiger charge is 2.18. The zero-order valence-corrected chi connectivity index (χ0v) is 20.1. The Kier molecular flexibility index (Phi) is 7.38. The molecule has 0 atom stereocenters. The van der Waals surface area contributed by atoms with E-state index < -0.39 is 0 Å². The third-order valence-electron chi connectivity index (χ3n) is 6.22. The first kappa shape index (κ1) is 23.4. The van der Waals surface area contributed by atoms with E-state index in [-0.39, 0.29) is 0 Å². The van der Waals surface area contributed by atoms with Gasteiger partial charge in [0, 0.05) is 13.0 Å². The molecule has 1 aliphatic heterocycles. The summed E-state index contributed by atoms with van der Waals surface area (Å²) in [4.78, 5) is 0. The van der Waals surface area contributed by atoms with Gasteiger partial charge in [0.2, 0.25) is 0 Å². The number of aryl methyl sites for hydroxylation is 1. The van der Waals surface area contributed by atoms with E-state index in [9.17, 15) is 5.26 Å². The van der Waals surface area contributed by atoms with Crippen LogP contribution in [-0.4, -0.2) is 14.8 Å². The lowest BCUT2D eigenvalue weighted by atomic mass is 10.1. The topological polar surface area (TPSA) is 73.0 Å². The highest BCUT2D eigenvalue weighted by molar-refractivity contribution is 5.87. The summed E-state index contributed by atoms with van der Waals surface area (Å²) < 4.78 is 14.4. The van der Waals surface area contributed by atoms with Gasteiger partial charge in [0.05, 0.1) is 5.57 Å². The van der Waals surface area contributed by atoms with Gasteiger partial charge in [-0.2, -0.15) is 5.26 Å². The highest BCUT2D eigenvalue weighted by atomic mass is 16.5. The number of nitrogens with zero attached hydrogens (tertiary/aromatic N) is 4. The fraction of sp³-hybridized carbons (Fsp3) is 0.233. The van der Waals surface area contributed by atoms with Crippen LogP contribution < -0.4 is 9.47 Å². The lowest BCUT2D eigenvalue weighted by Gasteiger charge is -2.14. The number of benzene rings is 3. The second-order valence-corrected chi connectivity index (χ2v) is 8.83. The van der Waals surface area contributed by atoms with E-state index in [0.29, 0.717) is 36.1 Å². The van der Waals surface area contributed by atoms with Gasteiger partial charge in [-0.3, -0.25) is 0 Å². The molecule has 1 aromatic heterocycles. The van der Waals surface area contributed by atoms with E-state index in [4.69, 9.17) is 9.47 Å². The maximum absolute atomic E-state index is 9.96. The lowest BCUT2D eigenvalue weighted by Crippen LogP contribution is -2.05. The molecule has 0 aliphatic carbocycles. The van der Waals surface area contributed by atoms with Crippen molar-refractivity contribution in [3.8, 4) is 17.6 Å². The number of fused-ring (bicyclic) bond motifs is 1. The van der Waals surface area contributed by atoms with E-state index in [2.05, 4.69) is 20.8 Å². The van der Waals surface area contributed by atoms with Crippen LogP contribution in [0.15, 0.2) is 78.9 Å². The first-order valence-corrected chi connectivity index (χ1v) is 12.3. The van der Waals surface area contributed by atoms with E-state index in [1.807, 2.05) is 84.9 Å². The molecule has 0 saturated heterocycles. The molecule has 4 aromatic rings. The van der Waals surface area contributed by atoms with E-state index in [0.717, 1.165) is 48.3 Å². The van der Waals surface area contributed by atoms with Crippen LogP contribution in [0.1, 0.15) is 47.6 Å². The van der Waals surface area contributed by atoms with Gasteiger partial charge in [-0.05, 0) is 47.7 Å². The van der Waals surface area contributed by atoms with E-state index >= 15 is 0 Å². The number of ether oxygens (including phenoxy) is 2. The van der Waals surface area contributed by atoms with Crippen molar-refractivity contribution in [3.05, 3.63) is 107 Å². The zero-order valence-electron chi connectivity index (χ0n) is 20.1. The average molecular weight is 477 g/mol. The van der Waals surface area contributed by atoms with Crippen LogP contribution >= 0.6 is 0 Å². The molecular formula is C30H28N4O2. The molecule has 0 radical (unpaired) electrons. The molecule has 2 heterocycles. The summed E-state index contributed by atoms with van der Waals surface area (Å²) in [5.41, 5.74) is 3.47. The van der Waals surface area contributed by atoms with Crippen molar-refractivity contribution in [2.45, 2.75) is 45.4 Å². The Morgan fingerprint density at radius 2 is 1.53 bits per heavy atom. The molecule has 1 aliphatic rings. The molecule has 0 saturated carbocycles. The van der Waals surface area contributed by atoms with E-state index in [1.54, 1.807) is 0 Å². The molecule has 0 bridgehead atoms. The standard InChI is InChI=1S/C30H28N4O2/c31-20-26(30-33-32-29-14-8-3-9-17-34(29)30)18-25-15-16-27(35-21-23-10-4-1-5-11-23)28(19-25)36-22-24-12-6-2-7-13-24/h1-2,4-7,10-13,15-16,18-19H,3,8-9,14,17,21-22H2/b26-18+. The number of allylic oxidation sites excluding steroid dienone is 1. The lowest BCUT2D eigenvalue weighted by molar-refractivity contribution is 0.256. The smallest absolute Gasteiger partial charge is 0.174 e. The van der Waals surface area contributed by atoms with Crippen molar-refractivity contribution in [1.82, 2.24) is 14.8 Å². The van der Waals surface area contributed by atoms with Gasteiger partial charge in [0.15, 0.2) is 17.3 Å². The zero-order chi connectivity index (χ0) is 24.6. The van der Waals surface area contributed by atoms with Crippen molar-refractivity contribution in [2.24, 2.45) is 0 Å². The minimum absolute atomic E-state index is 0.415. The van der Waals surface area contributed by atoms with Crippen LogP contribution in [0.4, 0.5) is 0 Å². The molecule has 36 heavy (non-hydrogen) atoms. The highest BCUT2D eigenvalue weighted by Crippen LogP contribution is 2.32. The Morgan fingerprint density at radius 3 is 2.22 bits per heavy atom. The summed E-state index contributed by atoms with van der Waals surface area (Å²) in [5.74, 6) is 2.87. The number of hydrogen-bond acceptors (Lipinski definition) is 5. The maximum Gasteiger partial charge on any atom is 0.174 e. The van der Waals surface area contributed by atoms with Gasteiger partial charge in [-0.25, -0.2) is 0 Å². The van der Waals surface area contributed by atoms with Gasteiger partial charge < -0.3 is 14.0 Å². The largest absolute Gasteiger partial charge is 0.485 e. The first-order valence-electron chi connectivity index (χ1n) is 12.3. The fourth-order valence-electron chi connectivity index (χ4n) is 4.31. The third kappa shape index (κ3) is 5.64. The molecule has 3 aromatic carbocycles. The predicted octanol–water partition coefficient (Wildman–Crippen LogP) is 6.23. The Hall–Kier alpha value is -4.37. The molecule has 0 unspecified atom stereocenters. The number of hydrogen-bond donors (Lipinski definition) is 0. The Bertz CT molecular complexity index is 1370. The fourth-order valence-corrected chi connectivity index (χ4v) is 4.31. The van der Waals surface area contributed by atoms with E-state index in [1.165, 1.54) is 6.42 Å². The Balaban J connectivity index is 1.43. The summed E-state index contributed by atoms with van der Waals surface area (Å²) in [6.07, 6.45) is 6.09. The van der Waals surface area contributed by atoms with Crippen molar-refractivity contribution >= 4 is 11.6 Å². The monoisotopic (exact) mass is 476 g/mol. The van der Waals surface area contributed by atoms with Crippen LogP contribution in [0.5, 0.6) is 11.5 Å². The minimum Gasteiger partial charge on any atom is -0.485 e. The van der Waals surface area contributed by atoms with Crippen LogP contribution in [0, 0.1) is 11.3 Å². The van der Waals surface area contributed by atoms with Crippen LogP contribution in [0.25, 0.3) is 11.6 Å². The number of nitriles is 1. The molecule has 0 N–H and O–H groups in total. The number of aromatic nitrogens is 3. The van der Waals surface area contributed by atoms with Crippen LogP contribution in [0.2, 0.25) is 0 Å². The predicted molar refractivity (Wildman–Crippen MR) is 139 cm³/mol. The van der Waals surface area contributed by atoms with Crippen molar-refractivity contribution in [3.63, 3.8) is 0 Å². The summed E-state index contributed by atoms with van der Waals surface area (Å²) in [6, 6.07) is 28.1. The molecule has 0 spiro atoms. The maximum atomic E-state index is 9.96. The molecular weight excluding hydrogens is 448 g/mol. The molecule has 180 valence electrons. The second kappa shape index (κ2) is 11.4. The van der Waals surface area contributed by atoms with Crippen molar-refractivity contribution < 1.29 is 9.47 Å². The van der Waals surface area contributed by atoms with Gasteiger partial charge in [-0.1, -0.05) is 73.2 Å². The van der Waals surface area contributed by atoms with Crippen molar-refractivity contribution in [2.75, 3.05) is 0 Å². The van der Waals surface area contributed by atoms with Crippen molar-refractivity contribution in [1.29, 1.82) is 5.26 Å². The number of rotatable bonds is 8.